The zero-order valence-corrected chi connectivity index (χ0v) is 12.6. The minimum Gasteiger partial charge on any atom is -0.467 e. The molecule has 1 aliphatic rings. The summed E-state index contributed by atoms with van der Waals surface area (Å²) in [4.78, 5) is 16.9. The lowest BCUT2D eigenvalue weighted by Gasteiger charge is -2.25. The van der Waals surface area contributed by atoms with Crippen LogP contribution in [0.15, 0.2) is 22.8 Å². The largest absolute Gasteiger partial charge is 0.467 e. The molecule has 112 valence electrons. The van der Waals surface area contributed by atoms with E-state index in [9.17, 15) is 4.79 Å². The summed E-state index contributed by atoms with van der Waals surface area (Å²) < 4.78 is 5.27. The monoisotopic (exact) mass is 306 g/mol. The number of nitrogens with zero attached hydrogens (tertiary/aromatic N) is 1. The van der Waals surface area contributed by atoms with Gasteiger partial charge in [-0.25, -0.2) is 4.98 Å². The van der Waals surface area contributed by atoms with E-state index >= 15 is 0 Å². The predicted molar refractivity (Wildman–Crippen MR) is 82.4 cm³/mol. The lowest BCUT2D eigenvalue weighted by molar-refractivity contribution is 0.0940. The van der Waals surface area contributed by atoms with Crippen LogP contribution in [0.2, 0.25) is 0 Å². The summed E-state index contributed by atoms with van der Waals surface area (Å²) in [6.45, 7) is 1.86. The number of furan rings is 1. The molecule has 0 bridgehead atoms. The lowest BCUT2D eigenvalue weighted by atomic mass is 9.93. The molecule has 6 nitrogen and oxygen atoms in total. The molecule has 4 N–H and O–H groups in total. The van der Waals surface area contributed by atoms with Gasteiger partial charge < -0.3 is 20.8 Å². The van der Waals surface area contributed by atoms with Crippen molar-refractivity contribution < 1.29 is 9.21 Å². The molecule has 0 aromatic carbocycles. The minimum absolute atomic E-state index is 0.211. The van der Waals surface area contributed by atoms with Gasteiger partial charge in [0.15, 0.2) is 5.13 Å². The van der Waals surface area contributed by atoms with Gasteiger partial charge in [-0.05, 0) is 38.3 Å². The number of nitrogen functional groups attached to an aromatic ring is 1. The van der Waals surface area contributed by atoms with Crippen LogP contribution in [0, 0.1) is 0 Å². The van der Waals surface area contributed by atoms with Crippen molar-refractivity contribution in [3.8, 4) is 0 Å². The number of hydrogen-bond acceptors (Lipinski definition) is 6. The number of thiazole rings is 1. The Labute approximate surface area is 126 Å². The van der Waals surface area contributed by atoms with E-state index in [1.807, 2.05) is 13.0 Å². The van der Waals surface area contributed by atoms with Crippen molar-refractivity contribution in [2.24, 2.45) is 0 Å². The fourth-order valence-corrected chi connectivity index (χ4v) is 3.02. The average molecular weight is 306 g/mol. The molecule has 0 radical (unpaired) electrons. The SMILES string of the molecule is CC(NC(=O)c1sc(NC2CCC2)nc1N)c1ccco1. The fraction of sp³-hybridized carbons (Fsp3) is 0.429. The van der Waals surface area contributed by atoms with Gasteiger partial charge in [0.1, 0.15) is 16.5 Å². The third-order valence-corrected chi connectivity index (χ3v) is 4.61. The molecule has 3 rings (SSSR count). The van der Waals surface area contributed by atoms with E-state index in [-0.39, 0.29) is 17.8 Å². The highest BCUT2D eigenvalue weighted by Gasteiger charge is 2.22. The van der Waals surface area contributed by atoms with Crippen molar-refractivity contribution in [2.75, 3.05) is 11.1 Å². The van der Waals surface area contributed by atoms with Crippen LogP contribution in [0.4, 0.5) is 10.9 Å². The van der Waals surface area contributed by atoms with Crippen LogP contribution >= 0.6 is 11.3 Å². The third kappa shape index (κ3) is 3.02. The Morgan fingerprint density at radius 2 is 2.38 bits per heavy atom. The lowest BCUT2D eigenvalue weighted by Crippen LogP contribution is -2.26. The Morgan fingerprint density at radius 3 is 3.00 bits per heavy atom. The molecule has 2 aromatic heterocycles. The summed E-state index contributed by atoms with van der Waals surface area (Å²) in [7, 11) is 0. The highest BCUT2D eigenvalue weighted by atomic mass is 32.1. The maximum atomic E-state index is 12.3. The van der Waals surface area contributed by atoms with Gasteiger partial charge in [0.05, 0.1) is 12.3 Å². The minimum atomic E-state index is -0.226. The van der Waals surface area contributed by atoms with E-state index in [1.54, 1.807) is 12.3 Å². The third-order valence-electron chi connectivity index (χ3n) is 3.61. The predicted octanol–water partition coefficient (Wildman–Crippen LogP) is 2.77. The van der Waals surface area contributed by atoms with E-state index in [2.05, 4.69) is 15.6 Å². The van der Waals surface area contributed by atoms with Gasteiger partial charge in [0.25, 0.3) is 5.91 Å². The first-order chi connectivity index (χ1) is 10.1. The molecule has 0 aliphatic heterocycles. The highest BCUT2D eigenvalue weighted by Crippen LogP contribution is 2.29. The molecule has 21 heavy (non-hydrogen) atoms. The van der Waals surface area contributed by atoms with E-state index in [4.69, 9.17) is 10.2 Å². The second kappa shape index (κ2) is 5.77. The van der Waals surface area contributed by atoms with Gasteiger partial charge in [-0.1, -0.05) is 11.3 Å². The second-order valence-corrected chi connectivity index (χ2v) is 6.22. The number of carbonyl (C=O) groups is 1. The molecule has 0 spiro atoms. The zero-order valence-electron chi connectivity index (χ0n) is 11.8. The first kappa shape index (κ1) is 13.9. The molecule has 1 unspecified atom stereocenters. The summed E-state index contributed by atoms with van der Waals surface area (Å²) in [5.74, 6) is 0.751. The Hall–Kier alpha value is -2.02. The number of hydrogen-bond donors (Lipinski definition) is 3. The molecule has 2 aromatic rings. The van der Waals surface area contributed by atoms with Gasteiger partial charge in [0.2, 0.25) is 0 Å². The van der Waals surface area contributed by atoms with Crippen LogP contribution in [0.5, 0.6) is 0 Å². The maximum absolute atomic E-state index is 12.3. The van der Waals surface area contributed by atoms with Crippen molar-refractivity contribution in [1.82, 2.24) is 10.3 Å². The average Bonchev–Trinajstić information content (AvgIpc) is 3.03. The van der Waals surface area contributed by atoms with Crippen LogP contribution in [0.1, 0.15) is 47.7 Å². The summed E-state index contributed by atoms with van der Waals surface area (Å²) in [5.41, 5.74) is 5.85. The second-order valence-electron chi connectivity index (χ2n) is 5.22. The van der Waals surface area contributed by atoms with Crippen molar-refractivity contribution in [3.63, 3.8) is 0 Å². The zero-order chi connectivity index (χ0) is 14.8. The Morgan fingerprint density at radius 1 is 1.57 bits per heavy atom. The molecular weight excluding hydrogens is 288 g/mol. The molecule has 1 atom stereocenters. The number of anilines is 2. The highest BCUT2D eigenvalue weighted by molar-refractivity contribution is 7.18. The number of nitrogens with two attached hydrogens (primary N) is 1. The van der Waals surface area contributed by atoms with Crippen LogP contribution in [0.3, 0.4) is 0 Å². The molecule has 1 fully saturated rings. The first-order valence-electron chi connectivity index (χ1n) is 7.00. The maximum Gasteiger partial charge on any atom is 0.265 e. The topological polar surface area (TPSA) is 93.2 Å². The molecule has 0 saturated heterocycles. The standard InChI is InChI=1S/C14H18N4O2S/c1-8(10-6-3-7-20-10)16-13(19)11-12(15)18-14(21-11)17-9-4-2-5-9/h3,6-9H,2,4-5,15H2,1H3,(H,16,19)(H,17,18). The summed E-state index contributed by atoms with van der Waals surface area (Å²) >= 11 is 1.29. The molecule has 1 saturated carbocycles. The van der Waals surface area contributed by atoms with Gasteiger partial charge >= 0.3 is 0 Å². The Bertz CT molecular complexity index is 619. The summed E-state index contributed by atoms with van der Waals surface area (Å²) in [6, 6.07) is 3.87. The van der Waals surface area contributed by atoms with E-state index in [0.717, 1.165) is 12.8 Å². The summed E-state index contributed by atoms with van der Waals surface area (Å²) in [5, 5.41) is 6.88. The van der Waals surface area contributed by atoms with Gasteiger partial charge in [-0.2, -0.15) is 0 Å². The Kier molecular flexibility index (Phi) is 3.83. The van der Waals surface area contributed by atoms with Gasteiger partial charge in [-0.3, -0.25) is 4.79 Å². The van der Waals surface area contributed by atoms with Crippen molar-refractivity contribution >= 4 is 28.2 Å². The van der Waals surface area contributed by atoms with Gasteiger partial charge in [-0.15, -0.1) is 0 Å². The fourth-order valence-electron chi connectivity index (χ4n) is 2.15. The van der Waals surface area contributed by atoms with Crippen LogP contribution < -0.4 is 16.4 Å². The molecule has 1 amide bonds. The normalized spacial score (nSPS) is 16.2. The quantitative estimate of drug-likeness (QED) is 0.790. The number of nitrogens with one attached hydrogen (secondary N) is 2. The van der Waals surface area contributed by atoms with E-state index < -0.39 is 0 Å². The number of aromatic nitrogens is 1. The smallest absolute Gasteiger partial charge is 0.265 e. The molecular formula is C14H18N4O2S. The van der Waals surface area contributed by atoms with Crippen LogP contribution in [-0.4, -0.2) is 16.9 Å². The van der Waals surface area contributed by atoms with Crippen molar-refractivity contribution in [3.05, 3.63) is 29.0 Å². The number of amides is 1. The van der Waals surface area contributed by atoms with Crippen molar-refractivity contribution in [2.45, 2.75) is 38.3 Å². The molecule has 7 heteroatoms. The van der Waals surface area contributed by atoms with Gasteiger partial charge in [0, 0.05) is 6.04 Å². The Balaban J connectivity index is 1.66. The van der Waals surface area contributed by atoms with Crippen LogP contribution in [0.25, 0.3) is 0 Å². The number of carbonyl (C=O) groups excluding carboxylic acids is 1. The number of rotatable bonds is 5. The van der Waals surface area contributed by atoms with Crippen LogP contribution in [-0.2, 0) is 0 Å². The molecule has 2 heterocycles. The van der Waals surface area contributed by atoms with E-state index in [1.165, 1.54) is 17.8 Å². The summed E-state index contributed by atoms with van der Waals surface area (Å²) in [6.07, 6.45) is 5.12. The first-order valence-corrected chi connectivity index (χ1v) is 7.82. The van der Waals surface area contributed by atoms with Crippen molar-refractivity contribution in [1.29, 1.82) is 0 Å². The van der Waals surface area contributed by atoms with E-state index in [0.29, 0.717) is 21.8 Å². The molecule has 1 aliphatic carbocycles.